The predicted molar refractivity (Wildman–Crippen MR) is 196 cm³/mol. The summed E-state index contributed by atoms with van der Waals surface area (Å²) in [5.74, 6) is -0.783. The molecule has 3 aromatic heterocycles. The number of pyridine rings is 1. The minimum absolute atomic E-state index is 0.00704. The lowest BCUT2D eigenvalue weighted by Gasteiger charge is -2.35. The van der Waals surface area contributed by atoms with E-state index < -0.39 is 35.5 Å². The van der Waals surface area contributed by atoms with Crippen LogP contribution < -0.4 is 20.4 Å². The summed E-state index contributed by atoms with van der Waals surface area (Å²) in [6.07, 6.45) is 5.72. The van der Waals surface area contributed by atoms with Crippen LogP contribution in [0, 0.1) is 5.82 Å². The lowest BCUT2D eigenvalue weighted by Crippen LogP contribution is -2.54. The zero-order valence-corrected chi connectivity index (χ0v) is 30.4. The van der Waals surface area contributed by atoms with E-state index in [9.17, 15) is 19.2 Å². The van der Waals surface area contributed by atoms with Crippen LogP contribution in [0.2, 0.25) is 0 Å². The van der Waals surface area contributed by atoms with Crippen molar-refractivity contribution in [2.45, 2.75) is 64.3 Å². The molecule has 2 N–H and O–H groups in total. The molecule has 3 fully saturated rings. The monoisotopic (exact) mass is 739 g/mol. The van der Waals surface area contributed by atoms with Crippen LogP contribution in [0.25, 0.3) is 10.9 Å². The third-order valence-corrected chi connectivity index (χ3v) is 10.7. The number of halogens is 1. The molecule has 17 heteroatoms. The molecule has 4 aliphatic rings. The van der Waals surface area contributed by atoms with Crippen molar-refractivity contribution in [1.29, 1.82) is 0 Å². The SMILES string of the molecule is COC1CCN(c2nccc(Nc3cc4c(cn3)c(N3CCN(Cc5cc(F)c6c(c5)C(=O)N(C5CCC(=O)NC5=O)C6=O)CC3)nn4C(C)C)n2)CC1. The summed E-state index contributed by atoms with van der Waals surface area (Å²) in [7, 11) is 1.75. The summed E-state index contributed by atoms with van der Waals surface area (Å²) in [4.78, 5) is 71.8. The first-order valence-electron chi connectivity index (χ1n) is 18.3. The average molecular weight is 740 g/mol. The van der Waals surface area contributed by atoms with E-state index in [1.165, 1.54) is 6.07 Å². The molecule has 0 radical (unpaired) electrons. The Morgan fingerprint density at radius 3 is 2.44 bits per heavy atom. The third kappa shape index (κ3) is 6.61. The van der Waals surface area contributed by atoms with Gasteiger partial charge >= 0.3 is 0 Å². The maximum absolute atomic E-state index is 15.4. The van der Waals surface area contributed by atoms with Crippen molar-refractivity contribution in [2.75, 3.05) is 61.5 Å². The number of benzene rings is 1. The van der Waals surface area contributed by atoms with Crippen LogP contribution in [0.15, 0.2) is 36.7 Å². The van der Waals surface area contributed by atoms with E-state index >= 15 is 4.39 Å². The number of amides is 4. The van der Waals surface area contributed by atoms with Crippen molar-refractivity contribution in [1.82, 2.24) is 39.8 Å². The Hall–Kier alpha value is -5.55. The van der Waals surface area contributed by atoms with Gasteiger partial charge in [-0.15, -0.1) is 0 Å². The number of ether oxygens (including phenoxy) is 1. The quantitative estimate of drug-likeness (QED) is 0.241. The fraction of sp³-hybridized carbons (Fsp3) is 0.459. The molecule has 7 heterocycles. The molecule has 4 aromatic rings. The van der Waals surface area contributed by atoms with Crippen LogP contribution in [0.1, 0.15) is 71.9 Å². The number of nitrogens with one attached hydrogen (secondary N) is 2. The second kappa shape index (κ2) is 14.4. The fourth-order valence-electron chi connectivity index (χ4n) is 7.78. The summed E-state index contributed by atoms with van der Waals surface area (Å²) < 4.78 is 22.9. The van der Waals surface area contributed by atoms with Crippen LogP contribution in [0.3, 0.4) is 0 Å². The zero-order chi connectivity index (χ0) is 37.7. The number of hydrogen-bond donors (Lipinski definition) is 2. The highest BCUT2D eigenvalue weighted by molar-refractivity contribution is 6.23. The molecule has 0 aliphatic carbocycles. The lowest BCUT2D eigenvalue weighted by atomic mass is 10.0. The molecule has 282 valence electrons. The number of anilines is 4. The maximum atomic E-state index is 15.4. The van der Waals surface area contributed by atoms with E-state index in [2.05, 4.69) is 44.2 Å². The van der Waals surface area contributed by atoms with Crippen LogP contribution in [0.4, 0.5) is 27.8 Å². The van der Waals surface area contributed by atoms with Crippen molar-refractivity contribution < 1.29 is 28.3 Å². The first-order chi connectivity index (χ1) is 26.1. The molecule has 3 saturated heterocycles. The molecule has 0 spiro atoms. The third-order valence-electron chi connectivity index (χ3n) is 10.7. The molecule has 16 nitrogen and oxygen atoms in total. The first-order valence-corrected chi connectivity index (χ1v) is 18.3. The van der Waals surface area contributed by atoms with Gasteiger partial charge in [0, 0.05) is 83.8 Å². The van der Waals surface area contributed by atoms with Crippen molar-refractivity contribution in [2.24, 2.45) is 0 Å². The van der Waals surface area contributed by atoms with Gasteiger partial charge in [-0.2, -0.15) is 10.1 Å². The topological polar surface area (TPSA) is 171 Å². The second-order valence-electron chi connectivity index (χ2n) is 14.4. The Kier molecular flexibility index (Phi) is 9.43. The number of piperazine rings is 1. The molecule has 0 bridgehead atoms. The van der Waals surface area contributed by atoms with Crippen LogP contribution in [-0.2, 0) is 20.9 Å². The summed E-state index contributed by atoms with van der Waals surface area (Å²) in [5, 5.41) is 11.5. The molecule has 8 rings (SSSR count). The molecule has 1 atom stereocenters. The van der Waals surface area contributed by atoms with Gasteiger partial charge in [0.2, 0.25) is 17.8 Å². The molecule has 0 saturated carbocycles. The van der Waals surface area contributed by atoms with Crippen molar-refractivity contribution in [3.8, 4) is 0 Å². The molecular weight excluding hydrogens is 697 g/mol. The van der Waals surface area contributed by atoms with Gasteiger partial charge in [0.05, 0.1) is 28.1 Å². The van der Waals surface area contributed by atoms with Gasteiger partial charge in [-0.25, -0.2) is 14.4 Å². The Balaban J connectivity index is 0.939. The van der Waals surface area contributed by atoms with Gasteiger partial charge in [0.15, 0.2) is 5.82 Å². The average Bonchev–Trinajstić information content (AvgIpc) is 3.66. The number of carbonyl (C=O) groups is 4. The molecule has 1 unspecified atom stereocenters. The van der Waals surface area contributed by atoms with Gasteiger partial charge in [-0.1, -0.05) is 0 Å². The van der Waals surface area contributed by atoms with Crippen LogP contribution in [0.5, 0.6) is 0 Å². The number of rotatable bonds is 9. The van der Waals surface area contributed by atoms with Gasteiger partial charge in [0.1, 0.15) is 23.5 Å². The highest BCUT2D eigenvalue weighted by atomic mass is 19.1. The number of methoxy groups -OCH3 is 1. The highest BCUT2D eigenvalue weighted by Crippen LogP contribution is 2.33. The Labute approximate surface area is 310 Å². The minimum Gasteiger partial charge on any atom is -0.381 e. The maximum Gasteiger partial charge on any atom is 0.265 e. The smallest absolute Gasteiger partial charge is 0.265 e. The predicted octanol–water partition coefficient (Wildman–Crippen LogP) is 3.02. The van der Waals surface area contributed by atoms with E-state index in [4.69, 9.17) is 19.8 Å². The van der Waals surface area contributed by atoms with Gasteiger partial charge < -0.3 is 19.9 Å². The van der Waals surface area contributed by atoms with Gasteiger partial charge in [0.25, 0.3) is 11.8 Å². The van der Waals surface area contributed by atoms with Gasteiger partial charge in [-0.05, 0) is 56.9 Å². The first kappa shape index (κ1) is 35.5. The molecule has 54 heavy (non-hydrogen) atoms. The summed E-state index contributed by atoms with van der Waals surface area (Å²) in [5.41, 5.74) is 1.09. The standard InChI is InChI=1S/C37H42FN11O5/c1-21(2)49-28-18-30(41-29-6-9-39-37(42-29)47-10-7-23(54-3)8-11-47)40-19-25(28)33(44-49)46-14-12-45(13-15-46)20-22-16-24-32(26(38)17-22)36(53)48(35(24)52)27-4-5-31(50)43-34(27)51/h6,9,16-19,21,23,27H,4-5,7-8,10-15,20H2,1-3H3,(H,43,50,51)(H,39,40,41,42). The Morgan fingerprint density at radius 1 is 0.944 bits per heavy atom. The zero-order valence-electron chi connectivity index (χ0n) is 30.4. The van der Waals surface area contributed by atoms with Crippen LogP contribution in [-0.4, -0.2) is 117 Å². The molecular formula is C37H42FN11O5. The number of imide groups is 2. The Bertz CT molecular complexity index is 2140. The van der Waals surface area contributed by atoms with E-state index in [1.54, 1.807) is 19.4 Å². The lowest BCUT2D eigenvalue weighted by molar-refractivity contribution is -0.136. The largest absolute Gasteiger partial charge is 0.381 e. The van der Waals surface area contributed by atoms with E-state index in [1.807, 2.05) is 23.0 Å². The number of carbonyl (C=O) groups excluding carboxylic acids is 4. The Morgan fingerprint density at radius 2 is 1.72 bits per heavy atom. The number of hydrogen-bond acceptors (Lipinski definition) is 13. The molecule has 4 aliphatic heterocycles. The van der Waals surface area contributed by atoms with E-state index in [0.29, 0.717) is 55.9 Å². The summed E-state index contributed by atoms with van der Waals surface area (Å²) in [6, 6.07) is 5.58. The van der Waals surface area contributed by atoms with E-state index in [0.717, 1.165) is 47.6 Å². The number of aromatic nitrogens is 5. The fourth-order valence-corrected chi connectivity index (χ4v) is 7.78. The highest BCUT2D eigenvalue weighted by Gasteiger charge is 2.46. The molecule has 1 aromatic carbocycles. The van der Waals surface area contributed by atoms with E-state index in [-0.39, 0.29) is 36.1 Å². The number of nitrogens with zero attached hydrogens (tertiary/aromatic N) is 9. The number of piperidine rings is 2. The van der Waals surface area contributed by atoms with Crippen LogP contribution >= 0.6 is 0 Å². The number of fused-ring (bicyclic) bond motifs is 2. The van der Waals surface area contributed by atoms with Crippen molar-refractivity contribution in [3.05, 3.63) is 59.2 Å². The normalized spacial score (nSPS) is 20.0. The minimum atomic E-state index is -1.15. The van der Waals surface area contributed by atoms with Gasteiger partial charge in [-0.3, -0.25) is 39.0 Å². The van der Waals surface area contributed by atoms with Crippen molar-refractivity contribution >= 4 is 57.9 Å². The summed E-state index contributed by atoms with van der Waals surface area (Å²) in [6.45, 7) is 8.82. The summed E-state index contributed by atoms with van der Waals surface area (Å²) >= 11 is 0. The second-order valence-corrected chi connectivity index (χ2v) is 14.4. The van der Waals surface area contributed by atoms with Crippen molar-refractivity contribution in [3.63, 3.8) is 0 Å². The molecule has 4 amide bonds.